The normalized spacial score (nSPS) is 11.2. The number of nitrogens with zero attached hydrogens (tertiary/aromatic N) is 2. The Morgan fingerprint density at radius 3 is 2.06 bits per heavy atom. The van der Waals surface area contributed by atoms with E-state index in [4.69, 9.17) is 4.74 Å². The van der Waals surface area contributed by atoms with Crippen LogP contribution in [-0.2, 0) is 6.42 Å². The quantitative estimate of drug-likeness (QED) is 0.201. The highest BCUT2D eigenvalue weighted by Gasteiger charge is 2.18. The van der Waals surface area contributed by atoms with Crippen molar-refractivity contribution >= 4 is 11.3 Å². The molecule has 0 fully saturated rings. The minimum Gasteiger partial charge on any atom is -0.494 e. The highest BCUT2D eigenvalue weighted by molar-refractivity contribution is 7.17. The molecule has 0 atom stereocenters. The molecule has 3 aromatic rings. The van der Waals surface area contributed by atoms with E-state index in [9.17, 15) is 8.78 Å². The lowest BCUT2D eigenvalue weighted by Gasteiger charge is -2.07. The lowest BCUT2D eigenvalue weighted by atomic mass is 10.0. The van der Waals surface area contributed by atoms with Gasteiger partial charge in [0.15, 0.2) is 16.6 Å². The molecule has 0 unspecified atom stereocenters. The zero-order valence-electron chi connectivity index (χ0n) is 20.4. The van der Waals surface area contributed by atoms with Gasteiger partial charge in [-0.2, -0.15) is 0 Å². The van der Waals surface area contributed by atoms with E-state index in [-0.39, 0.29) is 5.56 Å². The average Bonchev–Trinajstić information content (AvgIpc) is 3.34. The third-order valence-corrected chi connectivity index (χ3v) is 6.99. The highest BCUT2D eigenvalue weighted by Crippen LogP contribution is 2.33. The number of aryl methyl sites for hydroxylation is 1. The van der Waals surface area contributed by atoms with E-state index in [0.29, 0.717) is 28.6 Å². The molecule has 0 bridgehead atoms. The van der Waals surface area contributed by atoms with Crippen LogP contribution in [0.4, 0.5) is 8.78 Å². The number of unbranched alkanes of at least 4 members (excludes halogenated alkanes) is 8. The number of rotatable bonds is 15. The van der Waals surface area contributed by atoms with E-state index < -0.39 is 11.6 Å². The van der Waals surface area contributed by atoms with Crippen molar-refractivity contribution in [2.75, 3.05) is 6.61 Å². The number of hydrogen-bond donors (Lipinski definition) is 0. The molecule has 3 nitrogen and oxygen atoms in total. The van der Waals surface area contributed by atoms with Gasteiger partial charge < -0.3 is 4.74 Å². The first kappa shape index (κ1) is 26.3. The standard InChI is InChI=1S/C28H36F2N2OS/c1-3-5-7-9-11-13-21-16-19-24(26(30)25(21)29)28-32-31-27(34-28)22-14-17-23(18-15-22)33-20-12-10-8-6-4-2/h14-19H,3-13,20H2,1-2H3. The molecular weight excluding hydrogens is 450 g/mol. The first-order chi connectivity index (χ1) is 16.6. The van der Waals surface area contributed by atoms with Crippen molar-refractivity contribution in [3.05, 3.63) is 53.6 Å². The monoisotopic (exact) mass is 486 g/mol. The minimum absolute atomic E-state index is 0.166. The van der Waals surface area contributed by atoms with Gasteiger partial charge in [-0.3, -0.25) is 0 Å². The Bertz CT molecular complexity index is 1000. The van der Waals surface area contributed by atoms with E-state index in [1.165, 1.54) is 49.9 Å². The third kappa shape index (κ3) is 7.59. The molecule has 0 aliphatic heterocycles. The van der Waals surface area contributed by atoms with E-state index in [0.717, 1.165) is 37.0 Å². The number of ether oxygens (including phenoxy) is 1. The van der Waals surface area contributed by atoms with Gasteiger partial charge in [-0.05, 0) is 55.2 Å². The van der Waals surface area contributed by atoms with Crippen molar-refractivity contribution in [2.45, 2.75) is 84.5 Å². The Morgan fingerprint density at radius 2 is 1.35 bits per heavy atom. The lowest BCUT2D eigenvalue weighted by molar-refractivity contribution is 0.304. The first-order valence-electron chi connectivity index (χ1n) is 12.7. The van der Waals surface area contributed by atoms with Crippen LogP contribution >= 0.6 is 11.3 Å². The van der Waals surface area contributed by atoms with Crippen molar-refractivity contribution in [1.82, 2.24) is 10.2 Å². The van der Waals surface area contributed by atoms with Crippen molar-refractivity contribution < 1.29 is 13.5 Å². The molecule has 3 rings (SSSR count). The van der Waals surface area contributed by atoms with Crippen LogP contribution in [0.2, 0.25) is 0 Å². The molecule has 34 heavy (non-hydrogen) atoms. The third-order valence-electron chi connectivity index (χ3n) is 5.99. The topological polar surface area (TPSA) is 35.0 Å². The maximum absolute atomic E-state index is 14.8. The number of hydrogen-bond acceptors (Lipinski definition) is 4. The SMILES string of the molecule is CCCCCCCOc1ccc(-c2nnc(-c3ccc(CCCCCCC)c(F)c3F)s2)cc1. The van der Waals surface area contributed by atoms with Crippen LogP contribution in [0.15, 0.2) is 36.4 Å². The summed E-state index contributed by atoms with van der Waals surface area (Å²) in [6, 6.07) is 11.0. The summed E-state index contributed by atoms with van der Waals surface area (Å²) in [7, 11) is 0. The average molecular weight is 487 g/mol. The summed E-state index contributed by atoms with van der Waals surface area (Å²) in [5.41, 5.74) is 1.48. The minimum atomic E-state index is -0.837. The largest absolute Gasteiger partial charge is 0.494 e. The first-order valence-corrected chi connectivity index (χ1v) is 13.5. The van der Waals surface area contributed by atoms with Crippen LogP contribution in [0, 0.1) is 11.6 Å². The molecule has 0 spiro atoms. The second-order valence-electron chi connectivity index (χ2n) is 8.76. The van der Waals surface area contributed by atoms with Crippen LogP contribution in [0.5, 0.6) is 5.75 Å². The second kappa shape index (κ2) is 14.1. The Kier molecular flexibility index (Phi) is 10.9. The zero-order chi connectivity index (χ0) is 24.2. The maximum atomic E-state index is 14.8. The molecule has 184 valence electrons. The molecule has 0 N–H and O–H groups in total. The molecule has 0 amide bonds. The predicted molar refractivity (Wildman–Crippen MR) is 137 cm³/mol. The molecule has 1 aromatic heterocycles. The summed E-state index contributed by atoms with van der Waals surface area (Å²) in [6.07, 6.45) is 12.0. The van der Waals surface area contributed by atoms with Crippen LogP contribution in [-0.4, -0.2) is 16.8 Å². The summed E-state index contributed by atoms with van der Waals surface area (Å²) in [4.78, 5) is 0. The van der Waals surface area contributed by atoms with Crippen molar-refractivity contribution in [1.29, 1.82) is 0 Å². The fourth-order valence-electron chi connectivity index (χ4n) is 3.90. The number of benzene rings is 2. The molecular formula is C28H36F2N2OS. The Labute approximate surface area is 206 Å². The Hall–Kier alpha value is -2.34. The summed E-state index contributed by atoms with van der Waals surface area (Å²) in [5, 5.41) is 9.39. The highest BCUT2D eigenvalue weighted by atomic mass is 32.1. The number of halogens is 2. The molecule has 0 saturated heterocycles. The van der Waals surface area contributed by atoms with Crippen LogP contribution < -0.4 is 4.74 Å². The van der Waals surface area contributed by atoms with Gasteiger partial charge in [0.25, 0.3) is 0 Å². The van der Waals surface area contributed by atoms with Gasteiger partial charge in [0, 0.05) is 5.56 Å². The summed E-state index contributed by atoms with van der Waals surface area (Å²) in [6.45, 7) is 5.08. The molecule has 0 aliphatic carbocycles. The summed E-state index contributed by atoms with van der Waals surface area (Å²) in [5.74, 6) is -0.778. The molecule has 1 heterocycles. The van der Waals surface area contributed by atoms with Crippen molar-refractivity contribution in [2.24, 2.45) is 0 Å². The Morgan fingerprint density at radius 1 is 0.706 bits per heavy atom. The van der Waals surface area contributed by atoms with E-state index in [1.54, 1.807) is 12.1 Å². The lowest BCUT2D eigenvalue weighted by Crippen LogP contribution is -1.97. The van der Waals surface area contributed by atoms with Gasteiger partial charge in [0.1, 0.15) is 10.8 Å². The van der Waals surface area contributed by atoms with Gasteiger partial charge >= 0.3 is 0 Å². The van der Waals surface area contributed by atoms with Gasteiger partial charge in [0.05, 0.1) is 12.2 Å². The van der Waals surface area contributed by atoms with E-state index in [1.807, 2.05) is 24.3 Å². The summed E-state index contributed by atoms with van der Waals surface area (Å²) < 4.78 is 35.3. The van der Waals surface area contributed by atoms with Crippen LogP contribution in [0.25, 0.3) is 21.1 Å². The maximum Gasteiger partial charge on any atom is 0.169 e. The predicted octanol–water partition coefficient (Wildman–Crippen LogP) is 9.01. The fourth-order valence-corrected chi connectivity index (χ4v) is 4.77. The number of aromatic nitrogens is 2. The molecule has 0 radical (unpaired) electrons. The summed E-state index contributed by atoms with van der Waals surface area (Å²) >= 11 is 1.26. The van der Waals surface area contributed by atoms with Gasteiger partial charge in [-0.15, -0.1) is 10.2 Å². The van der Waals surface area contributed by atoms with Crippen molar-refractivity contribution in [3.8, 4) is 26.9 Å². The van der Waals surface area contributed by atoms with Crippen LogP contribution in [0.3, 0.4) is 0 Å². The second-order valence-corrected chi connectivity index (χ2v) is 9.74. The van der Waals surface area contributed by atoms with Gasteiger partial charge in [-0.1, -0.05) is 82.6 Å². The molecule has 0 aliphatic rings. The molecule has 0 saturated carbocycles. The van der Waals surface area contributed by atoms with Crippen molar-refractivity contribution in [3.63, 3.8) is 0 Å². The molecule has 2 aromatic carbocycles. The van der Waals surface area contributed by atoms with E-state index >= 15 is 0 Å². The Balaban J connectivity index is 1.58. The fraction of sp³-hybridized carbons (Fsp3) is 0.500. The zero-order valence-corrected chi connectivity index (χ0v) is 21.2. The van der Waals surface area contributed by atoms with Gasteiger partial charge in [0.2, 0.25) is 0 Å². The smallest absolute Gasteiger partial charge is 0.169 e. The molecule has 6 heteroatoms. The van der Waals surface area contributed by atoms with Gasteiger partial charge in [-0.25, -0.2) is 8.78 Å². The van der Waals surface area contributed by atoms with Crippen LogP contribution in [0.1, 0.15) is 83.6 Å². The van der Waals surface area contributed by atoms with E-state index in [2.05, 4.69) is 24.0 Å².